The SMILES string of the molecule is c1cnc2[nH]cc(CNC3CCN4CCCC34)c2c1. The van der Waals surface area contributed by atoms with E-state index in [1.807, 2.05) is 12.3 Å². The van der Waals surface area contributed by atoms with Crippen molar-refractivity contribution in [2.24, 2.45) is 0 Å². The van der Waals surface area contributed by atoms with Crippen LogP contribution in [-0.2, 0) is 6.54 Å². The highest BCUT2D eigenvalue weighted by atomic mass is 15.2. The maximum atomic E-state index is 4.34. The molecule has 4 heteroatoms. The van der Waals surface area contributed by atoms with Gasteiger partial charge in [-0.3, -0.25) is 4.90 Å². The summed E-state index contributed by atoms with van der Waals surface area (Å²) in [6.07, 6.45) is 7.97. The second-order valence-corrected chi connectivity index (χ2v) is 5.74. The number of fused-ring (bicyclic) bond motifs is 2. The predicted octanol–water partition coefficient (Wildman–Crippen LogP) is 1.89. The average molecular weight is 256 g/mol. The lowest BCUT2D eigenvalue weighted by atomic mass is 10.1. The molecule has 2 N–H and O–H groups in total. The Morgan fingerprint density at radius 2 is 2.37 bits per heavy atom. The topological polar surface area (TPSA) is 44.0 Å². The molecule has 0 bridgehead atoms. The van der Waals surface area contributed by atoms with E-state index >= 15 is 0 Å². The lowest BCUT2D eigenvalue weighted by molar-refractivity contribution is 0.298. The zero-order valence-electron chi connectivity index (χ0n) is 11.1. The molecule has 2 aliphatic heterocycles. The van der Waals surface area contributed by atoms with Gasteiger partial charge in [0, 0.05) is 43.0 Å². The van der Waals surface area contributed by atoms with Gasteiger partial charge in [-0.15, -0.1) is 0 Å². The van der Waals surface area contributed by atoms with Crippen LogP contribution < -0.4 is 5.32 Å². The molecule has 2 aromatic rings. The highest BCUT2D eigenvalue weighted by molar-refractivity contribution is 5.79. The number of H-pyrrole nitrogens is 1. The van der Waals surface area contributed by atoms with Crippen LogP contribution in [0.5, 0.6) is 0 Å². The smallest absolute Gasteiger partial charge is 0.137 e. The van der Waals surface area contributed by atoms with Gasteiger partial charge in [0.15, 0.2) is 0 Å². The summed E-state index contributed by atoms with van der Waals surface area (Å²) in [4.78, 5) is 10.2. The van der Waals surface area contributed by atoms with E-state index < -0.39 is 0 Å². The monoisotopic (exact) mass is 256 g/mol. The van der Waals surface area contributed by atoms with Crippen LogP contribution in [0.2, 0.25) is 0 Å². The second-order valence-electron chi connectivity index (χ2n) is 5.74. The lowest BCUT2D eigenvalue weighted by Gasteiger charge is -2.21. The van der Waals surface area contributed by atoms with Crippen molar-refractivity contribution in [1.82, 2.24) is 20.2 Å². The number of nitrogens with zero attached hydrogens (tertiary/aromatic N) is 2. The van der Waals surface area contributed by atoms with Crippen LogP contribution in [0.25, 0.3) is 11.0 Å². The number of hydrogen-bond donors (Lipinski definition) is 2. The number of aromatic amines is 1. The maximum absolute atomic E-state index is 4.34. The van der Waals surface area contributed by atoms with Crippen molar-refractivity contribution in [1.29, 1.82) is 0 Å². The summed E-state index contributed by atoms with van der Waals surface area (Å²) in [6, 6.07) is 5.60. The van der Waals surface area contributed by atoms with Gasteiger partial charge < -0.3 is 10.3 Å². The molecule has 0 radical (unpaired) electrons. The van der Waals surface area contributed by atoms with E-state index in [2.05, 4.69) is 32.4 Å². The number of nitrogens with one attached hydrogen (secondary N) is 2. The predicted molar refractivity (Wildman–Crippen MR) is 75.9 cm³/mol. The number of hydrogen-bond acceptors (Lipinski definition) is 3. The molecule has 4 nitrogen and oxygen atoms in total. The van der Waals surface area contributed by atoms with Crippen LogP contribution in [0, 0.1) is 0 Å². The first-order valence-corrected chi connectivity index (χ1v) is 7.30. The molecule has 4 rings (SSSR count). The van der Waals surface area contributed by atoms with Crippen molar-refractivity contribution in [3.8, 4) is 0 Å². The van der Waals surface area contributed by atoms with E-state index in [0.717, 1.165) is 18.2 Å². The van der Waals surface area contributed by atoms with Gasteiger partial charge in [-0.05, 0) is 43.5 Å². The molecule has 2 saturated heterocycles. The summed E-state index contributed by atoms with van der Waals surface area (Å²) >= 11 is 0. The largest absolute Gasteiger partial charge is 0.346 e. The summed E-state index contributed by atoms with van der Waals surface area (Å²) in [5, 5.41) is 5.00. The zero-order valence-corrected chi connectivity index (χ0v) is 11.1. The third-order valence-corrected chi connectivity index (χ3v) is 4.70. The Balaban J connectivity index is 1.47. The van der Waals surface area contributed by atoms with Crippen molar-refractivity contribution in [3.63, 3.8) is 0 Å². The van der Waals surface area contributed by atoms with Crippen LogP contribution in [0.3, 0.4) is 0 Å². The third kappa shape index (κ3) is 1.95. The molecule has 0 spiro atoms. The van der Waals surface area contributed by atoms with E-state index in [9.17, 15) is 0 Å². The molecule has 0 aliphatic carbocycles. The summed E-state index contributed by atoms with van der Waals surface area (Å²) in [7, 11) is 0. The molecule has 0 aromatic carbocycles. The molecule has 2 fully saturated rings. The standard InChI is InChI=1S/C15H20N4/c1-3-12-11(10-18-15(12)16-6-1)9-17-13-5-8-19-7-2-4-14(13)19/h1,3,6,10,13-14,17H,2,4-5,7-9H2,(H,16,18). The molecule has 19 heavy (non-hydrogen) atoms. The molecule has 100 valence electrons. The molecule has 0 saturated carbocycles. The van der Waals surface area contributed by atoms with Crippen LogP contribution in [0.4, 0.5) is 0 Å². The Hall–Kier alpha value is -1.39. The number of rotatable bonds is 3. The van der Waals surface area contributed by atoms with E-state index in [1.54, 1.807) is 0 Å². The van der Waals surface area contributed by atoms with Gasteiger partial charge in [0.1, 0.15) is 5.65 Å². The Bertz CT molecular complexity index is 576. The minimum atomic E-state index is 0.670. The minimum Gasteiger partial charge on any atom is -0.346 e. The van der Waals surface area contributed by atoms with Crippen molar-refractivity contribution in [3.05, 3.63) is 30.1 Å². The Kier molecular flexibility index (Phi) is 2.78. The first kappa shape index (κ1) is 11.4. The van der Waals surface area contributed by atoms with Crippen LogP contribution in [-0.4, -0.2) is 40.0 Å². The molecule has 2 aromatic heterocycles. The van der Waals surface area contributed by atoms with Crippen LogP contribution in [0.1, 0.15) is 24.8 Å². The highest BCUT2D eigenvalue weighted by Gasteiger charge is 2.36. The van der Waals surface area contributed by atoms with Crippen LogP contribution >= 0.6 is 0 Å². The molecule has 2 atom stereocenters. The maximum Gasteiger partial charge on any atom is 0.137 e. The van der Waals surface area contributed by atoms with Gasteiger partial charge in [0.25, 0.3) is 0 Å². The Morgan fingerprint density at radius 3 is 3.37 bits per heavy atom. The van der Waals surface area contributed by atoms with Crippen molar-refractivity contribution in [2.45, 2.75) is 37.9 Å². The number of aromatic nitrogens is 2. The van der Waals surface area contributed by atoms with Gasteiger partial charge in [-0.1, -0.05) is 0 Å². The second kappa shape index (κ2) is 4.62. The van der Waals surface area contributed by atoms with Gasteiger partial charge in [0.05, 0.1) is 0 Å². The summed E-state index contributed by atoms with van der Waals surface area (Å²) < 4.78 is 0. The molecular weight excluding hydrogens is 236 g/mol. The van der Waals surface area contributed by atoms with Gasteiger partial charge >= 0.3 is 0 Å². The highest BCUT2D eigenvalue weighted by Crippen LogP contribution is 2.28. The van der Waals surface area contributed by atoms with Gasteiger partial charge in [0.2, 0.25) is 0 Å². The van der Waals surface area contributed by atoms with E-state index in [-0.39, 0.29) is 0 Å². The first-order valence-electron chi connectivity index (χ1n) is 7.30. The molecule has 0 amide bonds. The van der Waals surface area contributed by atoms with Crippen molar-refractivity contribution >= 4 is 11.0 Å². The van der Waals surface area contributed by atoms with Gasteiger partial charge in [-0.2, -0.15) is 0 Å². The van der Waals surface area contributed by atoms with E-state index in [1.165, 1.54) is 43.3 Å². The van der Waals surface area contributed by atoms with Crippen molar-refractivity contribution < 1.29 is 0 Å². The summed E-state index contributed by atoms with van der Waals surface area (Å²) in [5.41, 5.74) is 2.33. The Morgan fingerprint density at radius 1 is 1.37 bits per heavy atom. The molecule has 2 unspecified atom stereocenters. The van der Waals surface area contributed by atoms with E-state index in [4.69, 9.17) is 0 Å². The minimum absolute atomic E-state index is 0.670. The third-order valence-electron chi connectivity index (χ3n) is 4.70. The first-order chi connectivity index (χ1) is 9.42. The van der Waals surface area contributed by atoms with Gasteiger partial charge in [-0.25, -0.2) is 4.98 Å². The molecular formula is C15H20N4. The number of pyridine rings is 1. The fourth-order valence-corrected chi connectivity index (χ4v) is 3.72. The fourth-order valence-electron chi connectivity index (χ4n) is 3.72. The normalized spacial score (nSPS) is 27.2. The average Bonchev–Trinajstić information content (AvgIpc) is 3.12. The zero-order chi connectivity index (χ0) is 12.7. The summed E-state index contributed by atoms with van der Waals surface area (Å²) in [6.45, 7) is 3.53. The quantitative estimate of drug-likeness (QED) is 0.881. The summed E-state index contributed by atoms with van der Waals surface area (Å²) in [5.74, 6) is 0. The van der Waals surface area contributed by atoms with E-state index in [0.29, 0.717) is 6.04 Å². The van der Waals surface area contributed by atoms with Crippen LogP contribution in [0.15, 0.2) is 24.5 Å². The fraction of sp³-hybridized carbons (Fsp3) is 0.533. The lowest BCUT2D eigenvalue weighted by Crippen LogP contribution is -2.38. The van der Waals surface area contributed by atoms with Crippen molar-refractivity contribution in [2.75, 3.05) is 13.1 Å². The Labute approximate surface area is 113 Å². The molecule has 4 heterocycles. The molecule has 2 aliphatic rings.